The maximum absolute atomic E-state index is 12.8. The molecule has 0 unspecified atom stereocenters. The van der Waals surface area contributed by atoms with Crippen LogP contribution in [0.2, 0.25) is 0 Å². The number of nitrogens with one attached hydrogen (secondary N) is 1. The van der Waals surface area contributed by atoms with Crippen LogP contribution in [0.1, 0.15) is 29.7 Å². The number of hydrogen-bond acceptors (Lipinski definition) is 5. The molecule has 1 N–H and O–H groups in total. The van der Waals surface area contributed by atoms with Gasteiger partial charge in [-0.05, 0) is 37.5 Å². The number of hydrogen-bond donors (Lipinski definition) is 1. The minimum Gasteiger partial charge on any atom is -0.296 e. The van der Waals surface area contributed by atoms with Gasteiger partial charge < -0.3 is 0 Å². The van der Waals surface area contributed by atoms with E-state index in [2.05, 4.69) is 9.82 Å². The summed E-state index contributed by atoms with van der Waals surface area (Å²) in [7, 11) is -1.98. The van der Waals surface area contributed by atoms with Crippen LogP contribution >= 0.6 is 0 Å². The van der Waals surface area contributed by atoms with E-state index in [4.69, 9.17) is 5.26 Å². The number of nitrogens with zero attached hydrogens (tertiary/aromatic N) is 4. The maximum Gasteiger partial charge on any atom is 0.246 e. The van der Waals surface area contributed by atoms with Crippen molar-refractivity contribution in [3.63, 3.8) is 0 Å². The fourth-order valence-electron chi connectivity index (χ4n) is 3.27. The molecule has 2 heterocycles. The van der Waals surface area contributed by atoms with Crippen molar-refractivity contribution in [2.45, 2.75) is 31.6 Å². The predicted molar refractivity (Wildman–Crippen MR) is 100 cm³/mol. The number of amides is 1. The molecule has 0 aliphatic carbocycles. The number of rotatable bonds is 5. The monoisotopic (exact) mass is 387 g/mol. The Morgan fingerprint density at radius 1 is 1.37 bits per heavy atom. The average Bonchev–Trinajstić information content (AvgIpc) is 2.94. The summed E-state index contributed by atoms with van der Waals surface area (Å²) in [6.45, 7) is 2.37. The molecule has 2 aromatic rings. The Morgan fingerprint density at radius 2 is 2.15 bits per heavy atom. The van der Waals surface area contributed by atoms with Gasteiger partial charge in [-0.2, -0.15) is 10.4 Å². The van der Waals surface area contributed by atoms with Crippen molar-refractivity contribution < 1.29 is 13.2 Å². The van der Waals surface area contributed by atoms with Crippen molar-refractivity contribution in [3.8, 4) is 6.07 Å². The summed E-state index contributed by atoms with van der Waals surface area (Å²) in [6, 6.07) is 9.42. The Kier molecular flexibility index (Phi) is 5.30. The van der Waals surface area contributed by atoms with Crippen LogP contribution < -0.4 is 9.62 Å². The summed E-state index contributed by atoms with van der Waals surface area (Å²) in [6.07, 6.45) is 1.14. The lowest BCUT2D eigenvalue weighted by atomic mass is 10.1. The molecule has 8 nitrogen and oxygen atoms in total. The molecule has 0 saturated carbocycles. The number of carbonyl (C=O) groups excluding carboxylic acids is 1. The Hall–Kier alpha value is -2.70. The Morgan fingerprint density at radius 3 is 2.81 bits per heavy atom. The molecule has 1 saturated heterocycles. The maximum atomic E-state index is 12.8. The molecule has 0 bridgehead atoms. The molecule has 1 aromatic heterocycles. The molecular formula is C18H21N5O3S. The van der Waals surface area contributed by atoms with E-state index < -0.39 is 16.1 Å². The molecule has 1 aliphatic heterocycles. The van der Waals surface area contributed by atoms with E-state index in [1.54, 1.807) is 34.8 Å². The second-order valence-corrected chi connectivity index (χ2v) is 8.40. The van der Waals surface area contributed by atoms with Crippen molar-refractivity contribution in [3.05, 3.63) is 47.2 Å². The number of benzene rings is 1. The highest BCUT2D eigenvalue weighted by Crippen LogP contribution is 2.22. The van der Waals surface area contributed by atoms with Crippen LogP contribution in [-0.2, 0) is 27.6 Å². The number of aryl methyl sites for hydroxylation is 2. The second-order valence-electron chi connectivity index (χ2n) is 6.64. The SMILES string of the molecule is Cc1cc(N2CCC[C@H](NS(=O)(=O)Cc3cccc(C#N)c3)C2=O)n(C)n1. The van der Waals surface area contributed by atoms with Crippen molar-refractivity contribution >= 4 is 21.7 Å². The summed E-state index contributed by atoms with van der Waals surface area (Å²) >= 11 is 0. The predicted octanol–water partition coefficient (Wildman–Crippen LogP) is 1.22. The van der Waals surface area contributed by atoms with Crippen molar-refractivity contribution in [1.82, 2.24) is 14.5 Å². The van der Waals surface area contributed by atoms with Gasteiger partial charge in [0.05, 0.1) is 23.1 Å². The Balaban J connectivity index is 1.74. The first-order chi connectivity index (χ1) is 12.8. The highest BCUT2D eigenvalue weighted by atomic mass is 32.2. The van der Waals surface area contributed by atoms with Gasteiger partial charge in [0.1, 0.15) is 11.9 Å². The number of carbonyl (C=O) groups is 1. The Bertz CT molecular complexity index is 1010. The van der Waals surface area contributed by atoms with E-state index >= 15 is 0 Å². The minimum absolute atomic E-state index is 0.279. The van der Waals surface area contributed by atoms with E-state index in [9.17, 15) is 13.2 Å². The van der Waals surface area contributed by atoms with Gasteiger partial charge >= 0.3 is 0 Å². The highest BCUT2D eigenvalue weighted by Gasteiger charge is 2.33. The molecule has 1 amide bonds. The molecule has 1 aromatic carbocycles. The Labute approximate surface area is 158 Å². The zero-order valence-corrected chi connectivity index (χ0v) is 16.0. The largest absolute Gasteiger partial charge is 0.296 e. The first-order valence-electron chi connectivity index (χ1n) is 8.60. The van der Waals surface area contributed by atoms with Crippen LogP contribution in [0.4, 0.5) is 5.82 Å². The summed E-state index contributed by atoms with van der Waals surface area (Å²) in [5, 5.41) is 13.2. The van der Waals surface area contributed by atoms with Crippen LogP contribution in [0, 0.1) is 18.3 Å². The van der Waals surface area contributed by atoms with Crippen LogP contribution in [-0.4, -0.2) is 36.7 Å². The zero-order chi connectivity index (χ0) is 19.6. The smallest absolute Gasteiger partial charge is 0.246 e. The van der Waals surface area contributed by atoms with Crippen LogP contribution in [0.5, 0.6) is 0 Å². The normalized spacial score (nSPS) is 17.7. The van der Waals surface area contributed by atoms with E-state index in [1.165, 1.54) is 6.07 Å². The summed E-state index contributed by atoms with van der Waals surface area (Å²) in [5.41, 5.74) is 1.69. The summed E-state index contributed by atoms with van der Waals surface area (Å²) in [5.74, 6) is 0.0960. The van der Waals surface area contributed by atoms with Crippen molar-refractivity contribution in [2.75, 3.05) is 11.4 Å². The van der Waals surface area contributed by atoms with Gasteiger partial charge in [0.15, 0.2) is 0 Å². The van der Waals surface area contributed by atoms with Crippen LogP contribution in [0.3, 0.4) is 0 Å². The lowest BCUT2D eigenvalue weighted by Gasteiger charge is -2.32. The molecule has 1 fully saturated rings. The van der Waals surface area contributed by atoms with Crippen molar-refractivity contribution in [2.24, 2.45) is 7.05 Å². The zero-order valence-electron chi connectivity index (χ0n) is 15.2. The van der Waals surface area contributed by atoms with E-state index in [0.717, 1.165) is 5.69 Å². The molecule has 27 heavy (non-hydrogen) atoms. The van der Waals surface area contributed by atoms with Crippen molar-refractivity contribution in [1.29, 1.82) is 5.26 Å². The molecule has 142 valence electrons. The first kappa shape index (κ1) is 19.1. The van der Waals surface area contributed by atoms with Gasteiger partial charge in [0.25, 0.3) is 0 Å². The van der Waals surface area contributed by atoms with Gasteiger partial charge in [0, 0.05) is 19.7 Å². The first-order valence-corrected chi connectivity index (χ1v) is 10.3. The number of sulfonamides is 1. The standard InChI is InChI=1S/C18H21N5O3S/c1-13-9-17(22(2)20-13)23-8-4-7-16(18(23)24)21-27(25,26)12-15-6-3-5-14(10-15)11-19/h3,5-6,9-10,16,21H,4,7-8,12H2,1-2H3/t16-/m0/s1. The molecule has 1 atom stereocenters. The lowest BCUT2D eigenvalue weighted by Crippen LogP contribution is -2.53. The third kappa shape index (κ3) is 4.35. The van der Waals surface area contributed by atoms with E-state index in [-0.39, 0.29) is 11.7 Å². The summed E-state index contributed by atoms with van der Waals surface area (Å²) < 4.78 is 29.2. The van der Waals surface area contributed by atoms with Crippen LogP contribution in [0.15, 0.2) is 30.3 Å². The van der Waals surface area contributed by atoms with Crippen LogP contribution in [0.25, 0.3) is 0 Å². The number of piperidine rings is 1. The quantitative estimate of drug-likeness (QED) is 0.830. The molecule has 3 rings (SSSR count). The highest BCUT2D eigenvalue weighted by molar-refractivity contribution is 7.88. The third-order valence-corrected chi connectivity index (χ3v) is 5.78. The number of nitriles is 1. The molecule has 1 aliphatic rings. The average molecular weight is 387 g/mol. The van der Waals surface area contributed by atoms with Gasteiger partial charge in [-0.1, -0.05) is 12.1 Å². The fourth-order valence-corrected chi connectivity index (χ4v) is 4.62. The molecule has 9 heteroatoms. The third-order valence-electron chi connectivity index (χ3n) is 4.43. The van der Waals surface area contributed by atoms with Gasteiger partial charge in [-0.25, -0.2) is 13.1 Å². The van der Waals surface area contributed by atoms with E-state index in [1.807, 2.05) is 19.1 Å². The molecular weight excluding hydrogens is 366 g/mol. The van der Waals surface area contributed by atoms with Gasteiger partial charge in [-0.15, -0.1) is 0 Å². The lowest BCUT2D eigenvalue weighted by molar-refractivity contribution is -0.121. The number of aromatic nitrogens is 2. The van der Waals surface area contributed by atoms with Gasteiger partial charge in [-0.3, -0.25) is 14.4 Å². The number of anilines is 1. The molecule has 0 spiro atoms. The van der Waals surface area contributed by atoms with Gasteiger partial charge in [0.2, 0.25) is 15.9 Å². The fraction of sp³-hybridized carbons (Fsp3) is 0.389. The summed E-state index contributed by atoms with van der Waals surface area (Å²) in [4.78, 5) is 14.4. The minimum atomic E-state index is -3.73. The second kappa shape index (κ2) is 7.50. The molecule has 0 radical (unpaired) electrons. The topological polar surface area (TPSA) is 108 Å². The van der Waals surface area contributed by atoms with E-state index in [0.29, 0.717) is 36.3 Å².